The summed E-state index contributed by atoms with van der Waals surface area (Å²) in [5.41, 5.74) is 0.0821. The molecule has 27 heavy (non-hydrogen) atoms. The van der Waals surface area contributed by atoms with Gasteiger partial charge in [-0.25, -0.2) is 4.98 Å². The number of rotatable bonds is 3. The highest BCUT2D eigenvalue weighted by Gasteiger charge is 2.51. The van der Waals surface area contributed by atoms with Crippen LogP contribution >= 0.6 is 0 Å². The Balaban J connectivity index is 1.33. The Morgan fingerprint density at radius 3 is 2.52 bits per heavy atom. The molecule has 0 saturated carbocycles. The van der Waals surface area contributed by atoms with Crippen LogP contribution in [0.4, 0.5) is 0 Å². The summed E-state index contributed by atoms with van der Waals surface area (Å²) in [5.74, 6) is -0.0924. The maximum absolute atomic E-state index is 12.7. The number of likely N-dealkylation sites (tertiary alicyclic amines) is 2. The Morgan fingerprint density at radius 2 is 1.89 bits per heavy atom. The lowest BCUT2D eigenvalue weighted by atomic mass is 9.76. The molecule has 148 valence electrons. The number of nitrogens with zero attached hydrogens (tertiary/aromatic N) is 4. The number of amides is 1. The van der Waals surface area contributed by atoms with Crippen molar-refractivity contribution >= 4 is 11.9 Å². The third kappa shape index (κ3) is 3.88. The van der Waals surface area contributed by atoms with Gasteiger partial charge in [-0.2, -0.15) is 0 Å². The van der Waals surface area contributed by atoms with Crippen LogP contribution < -0.4 is 0 Å². The predicted octanol–water partition coefficient (Wildman–Crippen LogP) is 1.83. The van der Waals surface area contributed by atoms with Crippen molar-refractivity contribution in [3.8, 4) is 0 Å². The number of imidazole rings is 1. The molecule has 3 aliphatic heterocycles. The number of piperidine rings is 1. The highest BCUT2D eigenvalue weighted by Crippen LogP contribution is 2.43. The molecule has 3 fully saturated rings. The zero-order chi connectivity index (χ0) is 18.9. The number of aromatic nitrogens is 2. The molecule has 1 unspecified atom stereocenters. The van der Waals surface area contributed by atoms with E-state index in [9.17, 15) is 9.59 Å². The fraction of sp³-hybridized carbons (Fsp3) is 0.750. The van der Waals surface area contributed by atoms with Crippen LogP contribution in [-0.2, 0) is 16.6 Å². The van der Waals surface area contributed by atoms with Crippen molar-refractivity contribution < 1.29 is 14.3 Å². The van der Waals surface area contributed by atoms with Gasteiger partial charge in [-0.15, -0.1) is 0 Å². The summed E-state index contributed by atoms with van der Waals surface area (Å²) in [5, 5.41) is 0. The first-order valence-corrected chi connectivity index (χ1v) is 10.3. The van der Waals surface area contributed by atoms with Gasteiger partial charge in [0.1, 0.15) is 11.8 Å². The van der Waals surface area contributed by atoms with Crippen LogP contribution in [0, 0.1) is 5.41 Å². The predicted molar refractivity (Wildman–Crippen MR) is 100 cm³/mol. The normalized spacial score (nSPS) is 26.2. The standard InChI is InChI=1S/C20H30N4O3/c1-22-14-17(21-15-22)18(25)24-10-6-20(7-11-24)12-16(27-19(20)26)13-23-8-4-2-3-5-9-23/h14-16H,2-13H2,1H3. The van der Waals surface area contributed by atoms with Gasteiger partial charge in [-0.1, -0.05) is 12.8 Å². The quantitative estimate of drug-likeness (QED) is 0.755. The van der Waals surface area contributed by atoms with Crippen molar-refractivity contribution in [2.24, 2.45) is 12.5 Å². The maximum atomic E-state index is 12.7. The molecular weight excluding hydrogens is 344 g/mol. The molecule has 3 saturated heterocycles. The molecule has 7 heteroatoms. The SMILES string of the molecule is Cn1cnc(C(=O)N2CCC3(CC2)CC(CN2CCCCCC2)OC3=O)c1. The summed E-state index contributed by atoms with van der Waals surface area (Å²) in [7, 11) is 1.86. The van der Waals surface area contributed by atoms with Crippen LogP contribution in [0.25, 0.3) is 0 Å². The summed E-state index contributed by atoms with van der Waals surface area (Å²) in [6.07, 6.45) is 10.7. The number of carbonyl (C=O) groups is 2. The van der Waals surface area contributed by atoms with Gasteiger partial charge >= 0.3 is 5.97 Å². The molecule has 1 aromatic heterocycles. The van der Waals surface area contributed by atoms with Crippen molar-refractivity contribution in [2.45, 2.75) is 51.0 Å². The number of cyclic esters (lactones) is 1. The molecule has 0 N–H and O–H groups in total. The molecule has 7 nitrogen and oxygen atoms in total. The molecule has 1 spiro atoms. The van der Waals surface area contributed by atoms with Crippen LogP contribution in [0.3, 0.4) is 0 Å². The van der Waals surface area contributed by atoms with E-state index in [1.54, 1.807) is 17.1 Å². The molecule has 4 rings (SSSR count). The fourth-order valence-corrected chi connectivity index (χ4v) is 4.78. The molecule has 0 radical (unpaired) electrons. The molecule has 1 atom stereocenters. The van der Waals surface area contributed by atoms with E-state index in [1.807, 2.05) is 11.9 Å². The lowest BCUT2D eigenvalue weighted by Crippen LogP contribution is -2.45. The van der Waals surface area contributed by atoms with Gasteiger partial charge in [0.15, 0.2) is 0 Å². The summed E-state index contributed by atoms with van der Waals surface area (Å²) in [4.78, 5) is 33.7. The summed E-state index contributed by atoms with van der Waals surface area (Å²) in [6.45, 7) is 4.30. The second-order valence-corrected chi connectivity index (χ2v) is 8.44. The van der Waals surface area contributed by atoms with Crippen LogP contribution in [0.1, 0.15) is 55.4 Å². The molecule has 0 aliphatic carbocycles. The highest BCUT2D eigenvalue weighted by atomic mass is 16.6. The van der Waals surface area contributed by atoms with Gasteiger partial charge in [-0.3, -0.25) is 14.5 Å². The topological polar surface area (TPSA) is 67.7 Å². The maximum Gasteiger partial charge on any atom is 0.312 e. The minimum atomic E-state index is -0.391. The van der Waals surface area contributed by atoms with Crippen molar-refractivity contribution in [2.75, 3.05) is 32.7 Å². The molecular formula is C20H30N4O3. The van der Waals surface area contributed by atoms with Crippen molar-refractivity contribution in [1.82, 2.24) is 19.4 Å². The average Bonchev–Trinajstić information content (AvgIpc) is 3.10. The second-order valence-electron chi connectivity index (χ2n) is 8.44. The van der Waals surface area contributed by atoms with Crippen LogP contribution in [0.15, 0.2) is 12.5 Å². The monoisotopic (exact) mass is 374 g/mol. The zero-order valence-corrected chi connectivity index (χ0v) is 16.2. The third-order valence-electron chi connectivity index (χ3n) is 6.42. The molecule has 1 amide bonds. The van der Waals surface area contributed by atoms with Gasteiger partial charge < -0.3 is 14.2 Å². The fourth-order valence-electron chi connectivity index (χ4n) is 4.78. The highest BCUT2D eigenvalue weighted by molar-refractivity contribution is 5.92. The first-order valence-electron chi connectivity index (χ1n) is 10.3. The zero-order valence-electron chi connectivity index (χ0n) is 16.2. The second kappa shape index (κ2) is 7.62. The average molecular weight is 374 g/mol. The Kier molecular flexibility index (Phi) is 5.21. The Hall–Kier alpha value is -1.89. The van der Waals surface area contributed by atoms with Crippen LogP contribution in [-0.4, -0.2) is 70.1 Å². The molecule has 1 aromatic rings. The third-order valence-corrected chi connectivity index (χ3v) is 6.42. The lowest BCUT2D eigenvalue weighted by molar-refractivity contribution is -0.151. The van der Waals surface area contributed by atoms with Crippen molar-refractivity contribution in [1.29, 1.82) is 0 Å². The van der Waals surface area contributed by atoms with Crippen LogP contribution in [0.2, 0.25) is 0 Å². The van der Waals surface area contributed by atoms with E-state index >= 15 is 0 Å². The number of hydrogen-bond acceptors (Lipinski definition) is 5. The lowest BCUT2D eigenvalue weighted by Gasteiger charge is -2.36. The Morgan fingerprint density at radius 1 is 1.19 bits per heavy atom. The summed E-state index contributed by atoms with van der Waals surface area (Å²) < 4.78 is 7.56. The van der Waals surface area contributed by atoms with E-state index in [1.165, 1.54) is 25.7 Å². The minimum Gasteiger partial charge on any atom is -0.461 e. The molecule has 0 bridgehead atoms. The van der Waals surface area contributed by atoms with Crippen LogP contribution in [0.5, 0.6) is 0 Å². The summed E-state index contributed by atoms with van der Waals surface area (Å²) >= 11 is 0. The van der Waals surface area contributed by atoms with Gasteiger partial charge in [-0.05, 0) is 38.8 Å². The van der Waals surface area contributed by atoms with E-state index < -0.39 is 5.41 Å². The van der Waals surface area contributed by atoms with Gasteiger partial charge in [0.25, 0.3) is 5.91 Å². The van der Waals surface area contributed by atoms with E-state index in [0.717, 1.165) is 26.1 Å². The van der Waals surface area contributed by atoms with Gasteiger partial charge in [0.05, 0.1) is 11.7 Å². The first-order chi connectivity index (χ1) is 13.1. The summed E-state index contributed by atoms with van der Waals surface area (Å²) in [6, 6.07) is 0. The van der Waals surface area contributed by atoms with Crippen molar-refractivity contribution in [3.63, 3.8) is 0 Å². The number of hydrogen-bond donors (Lipinski definition) is 0. The van der Waals surface area contributed by atoms with E-state index in [-0.39, 0.29) is 18.0 Å². The molecule has 0 aromatic carbocycles. The number of carbonyl (C=O) groups excluding carboxylic acids is 2. The molecule has 3 aliphatic rings. The van der Waals surface area contributed by atoms with Crippen molar-refractivity contribution in [3.05, 3.63) is 18.2 Å². The smallest absolute Gasteiger partial charge is 0.312 e. The Labute approximate surface area is 160 Å². The number of aryl methyl sites for hydroxylation is 1. The first kappa shape index (κ1) is 18.5. The van der Waals surface area contributed by atoms with Gasteiger partial charge in [0.2, 0.25) is 0 Å². The van der Waals surface area contributed by atoms with E-state index in [4.69, 9.17) is 4.74 Å². The van der Waals surface area contributed by atoms with Gasteiger partial charge in [0, 0.05) is 39.3 Å². The van der Waals surface area contributed by atoms with E-state index in [2.05, 4.69) is 9.88 Å². The Bertz CT molecular complexity index is 685. The minimum absolute atomic E-state index is 0.00800. The van der Waals surface area contributed by atoms with E-state index in [0.29, 0.717) is 31.6 Å². The number of esters is 1. The largest absolute Gasteiger partial charge is 0.461 e. The molecule has 4 heterocycles. The number of ether oxygens (including phenoxy) is 1.